The summed E-state index contributed by atoms with van der Waals surface area (Å²) in [7, 11) is -3.93. The van der Waals surface area contributed by atoms with E-state index in [1.807, 2.05) is 30.3 Å². The normalized spacial score (nSPS) is 12.0. The molecule has 32 heavy (non-hydrogen) atoms. The van der Waals surface area contributed by atoms with Gasteiger partial charge >= 0.3 is 0 Å². The molecule has 1 amide bonds. The second-order valence-electron chi connectivity index (χ2n) is 7.03. The van der Waals surface area contributed by atoms with Gasteiger partial charge in [0.25, 0.3) is 15.9 Å². The number of nitrogens with zero attached hydrogens (tertiary/aromatic N) is 1. The van der Waals surface area contributed by atoms with Gasteiger partial charge in [0.2, 0.25) is 5.55 Å². The van der Waals surface area contributed by atoms with E-state index >= 15 is 0 Å². The molecule has 7 nitrogen and oxygen atoms in total. The molecule has 4 aromatic rings. The standard InChI is InChI=1S/C24H21N3O4S/c1-2-17-12-14-19(15-13-17)25-23(28)21-16-18-8-6-7-11-22(18)31-24(21)26-27-32(29,30)20-9-4-3-5-10-20/h3-16,27H,2H2,1H3,(H,25,28). The number of aryl methyl sites for hydroxylation is 1. The smallest absolute Gasteiger partial charge is 0.276 e. The van der Waals surface area contributed by atoms with Crippen molar-refractivity contribution in [2.24, 2.45) is 5.10 Å². The predicted molar refractivity (Wildman–Crippen MR) is 122 cm³/mol. The highest BCUT2D eigenvalue weighted by molar-refractivity contribution is 7.89. The highest BCUT2D eigenvalue weighted by Gasteiger charge is 2.16. The fourth-order valence-electron chi connectivity index (χ4n) is 3.09. The molecular formula is C24H21N3O4S. The Kier molecular flexibility index (Phi) is 6.04. The van der Waals surface area contributed by atoms with Gasteiger partial charge < -0.3 is 9.73 Å². The molecule has 1 aromatic heterocycles. The van der Waals surface area contributed by atoms with Crippen LogP contribution in [-0.2, 0) is 16.4 Å². The van der Waals surface area contributed by atoms with E-state index in [2.05, 4.69) is 22.2 Å². The summed E-state index contributed by atoms with van der Waals surface area (Å²) in [5.41, 5.74) is 2.17. The van der Waals surface area contributed by atoms with Crippen molar-refractivity contribution < 1.29 is 17.6 Å². The lowest BCUT2D eigenvalue weighted by Crippen LogP contribution is -2.27. The topological polar surface area (TPSA) is 101 Å². The van der Waals surface area contributed by atoms with Crippen molar-refractivity contribution >= 4 is 32.6 Å². The van der Waals surface area contributed by atoms with Crippen molar-refractivity contribution in [1.29, 1.82) is 0 Å². The Balaban J connectivity index is 1.73. The van der Waals surface area contributed by atoms with Crippen LogP contribution in [-0.4, -0.2) is 14.3 Å². The van der Waals surface area contributed by atoms with Crippen LogP contribution in [0, 0.1) is 0 Å². The summed E-state index contributed by atoms with van der Waals surface area (Å²) in [5, 5.41) is 7.42. The van der Waals surface area contributed by atoms with Gasteiger partial charge in [-0.05, 0) is 48.4 Å². The van der Waals surface area contributed by atoms with E-state index in [-0.39, 0.29) is 16.0 Å². The maximum atomic E-state index is 13.0. The number of rotatable bonds is 6. The van der Waals surface area contributed by atoms with Crippen molar-refractivity contribution in [3.8, 4) is 0 Å². The fraction of sp³-hybridized carbons (Fsp3) is 0.0833. The highest BCUT2D eigenvalue weighted by Crippen LogP contribution is 2.15. The van der Waals surface area contributed by atoms with E-state index in [1.54, 1.807) is 42.5 Å². The summed E-state index contributed by atoms with van der Waals surface area (Å²) >= 11 is 0. The number of hydrogen-bond acceptors (Lipinski definition) is 5. The zero-order valence-electron chi connectivity index (χ0n) is 17.3. The lowest BCUT2D eigenvalue weighted by Gasteiger charge is -2.08. The molecule has 2 N–H and O–H groups in total. The third kappa shape index (κ3) is 4.70. The minimum absolute atomic E-state index is 0.0477. The number of benzene rings is 3. The lowest BCUT2D eigenvalue weighted by molar-refractivity contribution is 0.102. The number of fused-ring (bicyclic) bond motifs is 1. The number of nitrogens with one attached hydrogen (secondary N) is 2. The van der Waals surface area contributed by atoms with Gasteiger partial charge in [-0.1, -0.05) is 55.5 Å². The zero-order chi connectivity index (χ0) is 22.6. The Bertz CT molecular complexity index is 1430. The molecule has 0 saturated carbocycles. The van der Waals surface area contributed by atoms with Gasteiger partial charge in [0.15, 0.2) is 0 Å². The molecule has 8 heteroatoms. The Morgan fingerprint density at radius 3 is 2.34 bits per heavy atom. The number of carbonyl (C=O) groups excluding carboxylic acids is 1. The Hall–Kier alpha value is -3.91. The average Bonchev–Trinajstić information content (AvgIpc) is 2.83. The molecule has 0 aliphatic heterocycles. The number of sulfonamides is 1. The largest absolute Gasteiger partial charge is 0.436 e. The summed E-state index contributed by atoms with van der Waals surface area (Å²) in [6.07, 6.45) is 0.891. The second-order valence-corrected chi connectivity index (χ2v) is 8.69. The molecule has 0 fully saturated rings. The number of para-hydroxylation sites is 1. The first-order valence-corrected chi connectivity index (χ1v) is 11.5. The van der Waals surface area contributed by atoms with Crippen LogP contribution >= 0.6 is 0 Å². The quantitative estimate of drug-likeness (QED) is 0.436. The summed E-state index contributed by atoms with van der Waals surface area (Å²) in [6, 6.07) is 24.0. The van der Waals surface area contributed by atoms with Crippen LogP contribution in [0.5, 0.6) is 0 Å². The van der Waals surface area contributed by atoms with Crippen molar-refractivity contribution in [2.45, 2.75) is 18.2 Å². The average molecular weight is 448 g/mol. The molecule has 0 bridgehead atoms. The molecule has 0 radical (unpaired) electrons. The number of amides is 1. The number of hydrogen-bond donors (Lipinski definition) is 2. The molecule has 0 spiro atoms. The van der Waals surface area contributed by atoms with Crippen molar-refractivity contribution in [1.82, 2.24) is 4.83 Å². The van der Waals surface area contributed by atoms with E-state index < -0.39 is 15.9 Å². The van der Waals surface area contributed by atoms with E-state index in [0.29, 0.717) is 16.7 Å². The Morgan fingerprint density at radius 1 is 0.938 bits per heavy atom. The fourth-order valence-corrected chi connectivity index (χ4v) is 3.91. The molecule has 3 aromatic carbocycles. The molecule has 0 aliphatic carbocycles. The summed E-state index contributed by atoms with van der Waals surface area (Å²) in [4.78, 5) is 15.2. The van der Waals surface area contributed by atoms with Crippen LogP contribution in [0.1, 0.15) is 22.8 Å². The van der Waals surface area contributed by atoms with Crippen LogP contribution < -0.4 is 15.7 Å². The van der Waals surface area contributed by atoms with Gasteiger partial charge in [-0.2, -0.15) is 13.2 Å². The minimum atomic E-state index is -3.93. The maximum Gasteiger partial charge on any atom is 0.276 e. The first-order valence-electron chi connectivity index (χ1n) is 10.00. The van der Waals surface area contributed by atoms with Crippen LogP contribution in [0.2, 0.25) is 0 Å². The van der Waals surface area contributed by atoms with E-state index in [1.165, 1.54) is 12.1 Å². The van der Waals surface area contributed by atoms with Gasteiger partial charge in [0.1, 0.15) is 11.1 Å². The van der Waals surface area contributed by atoms with Crippen LogP contribution in [0.4, 0.5) is 5.69 Å². The van der Waals surface area contributed by atoms with Crippen LogP contribution in [0.15, 0.2) is 99.3 Å². The minimum Gasteiger partial charge on any atom is -0.436 e. The molecule has 1 heterocycles. The third-order valence-corrected chi connectivity index (χ3v) is 6.07. The third-order valence-electron chi connectivity index (χ3n) is 4.84. The summed E-state index contributed by atoms with van der Waals surface area (Å²) in [5.74, 6) is -0.471. The van der Waals surface area contributed by atoms with Gasteiger partial charge in [0, 0.05) is 11.1 Å². The van der Waals surface area contributed by atoms with E-state index in [0.717, 1.165) is 12.0 Å². The van der Waals surface area contributed by atoms with Gasteiger partial charge in [-0.25, -0.2) is 0 Å². The highest BCUT2D eigenvalue weighted by atomic mass is 32.2. The SMILES string of the molecule is CCc1ccc(NC(=O)c2cc3ccccc3oc2=NNS(=O)(=O)c2ccccc2)cc1. The summed E-state index contributed by atoms with van der Waals surface area (Å²) < 4.78 is 30.9. The first kappa shape index (κ1) is 21.3. The number of anilines is 1. The van der Waals surface area contributed by atoms with Gasteiger partial charge in [-0.15, -0.1) is 5.10 Å². The molecule has 0 aliphatic rings. The van der Waals surface area contributed by atoms with Gasteiger partial charge in [0.05, 0.1) is 4.90 Å². The van der Waals surface area contributed by atoms with Crippen molar-refractivity contribution in [3.63, 3.8) is 0 Å². The van der Waals surface area contributed by atoms with E-state index in [9.17, 15) is 13.2 Å². The molecule has 4 rings (SSSR count). The molecule has 0 unspecified atom stereocenters. The van der Waals surface area contributed by atoms with Gasteiger partial charge in [-0.3, -0.25) is 4.79 Å². The van der Waals surface area contributed by atoms with Crippen molar-refractivity contribution in [3.05, 3.63) is 102 Å². The molecule has 162 valence electrons. The van der Waals surface area contributed by atoms with Crippen LogP contribution in [0.25, 0.3) is 11.0 Å². The van der Waals surface area contributed by atoms with Crippen molar-refractivity contribution in [2.75, 3.05) is 5.32 Å². The molecular weight excluding hydrogens is 426 g/mol. The first-order chi connectivity index (χ1) is 15.5. The monoisotopic (exact) mass is 447 g/mol. The molecule has 0 saturated heterocycles. The lowest BCUT2D eigenvalue weighted by atomic mass is 10.1. The van der Waals surface area contributed by atoms with E-state index in [4.69, 9.17) is 4.42 Å². The number of carbonyl (C=O) groups is 1. The van der Waals surface area contributed by atoms with Crippen LogP contribution in [0.3, 0.4) is 0 Å². The maximum absolute atomic E-state index is 13.0. The zero-order valence-corrected chi connectivity index (χ0v) is 18.1. The second kappa shape index (κ2) is 9.07. The Morgan fingerprint density at radius 2 is 1.62 bits per heavy atom. The summed E-state index contributed by atoms with van der Waals surface area (Å²) in [6.45, 7) is 2.05. The predicted octanol–water partition coefficient (Wildman–Crippen LogP) is 4.04. The molecule has 0 atom stereocenters. The Labute approximate surface area is 185 Å².